The lowest BCUT2D eigenvalue weighted by Crippen LogP contribution is -2.30. The summed E-state index contributed by atoms with van der Waals surface area (Å²) in [7, 11) is 0. The molecule has 0 unspecified atom stereocenters. The van der Waals surface area contributed by atoms with Gasteiger partial charge in [0.15, 0.2) is 0 Å². The smallest absolute Gasteiger partial charge is 0.328 e. The van der Waals surface area contributed by atoms with Gasteiger partial charge in [-0.25, -0.2) is 13.6 Å². The average Bonchev–Trinajstić information content (AvgIpc) is 2.59. The number of carbonyl (C=O) groups is 3. The molecule has 0 saturated heterocycles. The van der Waals surface area contributed by atoms with Crippen LogP contribution in [-0.4, -0.2) is 29.3 Å². The predicted octanol–water partition coefficient (Wildman–Crippen LogP) is 1.13. The van der Waals surface area contributed by atoms with E-state index < -0.39 is 40.5 Å². The number of hydrogen-bond donors (Lipinski definition) is 1. The van der Waals surface area contributed by atoms with Crippen molar-refractivity contribution >= 4 is 23.3 Å². The summed E-state index contributed by atoms with van der Waals surface area (Å²) < 4.78 is 27.0. The molecule has 0 atom stereocenters. The van der Waals surface area contributed by atoms with Gasteiger partial charge < -0.3 is 5.11 Å². The van der Waals surface area contributed by atoms with E-state index in [9.17, 15) is 23.2 Å². The van der Waals surface area contributed by atoms with Gasteiger partial charge in [-0.05, 0) is 12.1 Å². The van der Waals surface area contributed by atoms with Crippen LogP contribution in [0.1, 0.15) is 10.4 Å². The van der Waals surface area contributed by atoms with Crippen molar-refractivity contribution in [2.75, 3.05) is 11.4 Å². The third-order valence-electron chi connectivity index (χ3n) is 2.56. The Labute approximate surface area is 105 Å². The number of carbonyl (C=O) groups excluding carboxylic acids is 2. The van der Waals surface area contributed by atoms with E-state index >= 15 is 0 Å². The Morgan fingerprint density at radius 2 is 1.89 bits per heavy atom. The lowest BCUT2D eigenvalue weighted by Gasteiger charge is -2.14. The molecule has 0 bridgehead atoms. The summed E-state index contributed by atoms with van der Waals surface area (Å²) in [6, 6.07) is 1.56. The highest BCUT2D eigenvalue weighted by Crippen LogP contribution is 2.33. The molecule has 98 valence electrons. The van der Waals surface area contributed by atoms with Crippen molar-refractivity contribution < 1.29 is 28.3 Å². The molecule has 1 aliphatic heterocycles. The number of rotatable bonds is 3. The van der Waals surface area contributed by atoms with E-state index in [0.29, 0.717) is 4.90 Å². The van der Waals surface area contributed by atoms with Crippen LogP contribution in [0.4, 0.5) is 14.5 Å². The molecular weight excluding hydrogens is 260 g/mol. The number of halogens is 2. The molecule has 1 heterocycles. The first-order chi connectivity index (χ1) is 8.93. The first-order valence-corrected chi connectivity index (χ1v) is 5.17. The molecule has 19 heavy (non-hydrogen) atoms. The Bertz CT molecular complexity index is 624. The van der Waals surface area contributed by atoms with Gasteiger partial charge in [0.1, 0.15) is 11.6 Å². The summed E-state index contributed by atoms with van der Waals surface area (Å²) in [6.45, 7) is -0.329. The Hall–Kier alpha value is -2.57. The van der Waals surface area contributed by atoms with E-state index in [4.69, 9.17) is 5.11 Å². The molecule has 1 amide bonds. The van der Waals surface area contributed by atoms with Gasteiger partial charge in [0.05, 0.1) is 11.3 Å². The maximum atomic E-state index is 13.6. The van der Waals surface area contributed by atoms with Crippen molar-refractivity contribution in [3.63, 3.8) is 0 Å². The van der Waals surface area contributed by atoms with Gasteiger partial charge in [-0.15, -0.1) is 0 Å². The first-order valence-electron chi connectivity index (χ1n) is 5.17. The van der Waals surface area contributed by atoms with Gasteiger partial charge in [-0.1, -0.05) is 6.08 Å². The lowest BCUT2D eigenvalue weighted by atomic mass is 10.1. The predicted molar refractivity (Wildman–Crippen MR) is 59.8 cm³/mol. The molecule has 0 saturated carbocycles. The fourth-order valence-corrected chi connectivity index (χ4v) is 1.79. The lowest BCUT2D eigenvalue weighted by molar-refractivity contribution is -0.131. The quantitative estimate of drug-likeness (QED) is 0.658. The van der Waals surface area contributed by atoms with Crippen molar-refractivity contribution in [2.24, 2.45) is 0 Å². The highest BCUT2D eigenvalue weighted by Gasteiger charge is 2.39. The first kappa shape index (κ1) is 12.9. The van der Waals surface area contributed by atoms with Crippen molar-refractivity contribution in [1.82, 2.24) is 0 Å². The maximum Gasteiger partial charge on any atom is 0.328 e. The summed E-state index contributed by atoms with van der Waals surface area (Å²) in [5.74, 6) is -5.39. The number of aliphatic carboxylic acids is 1. The Kier molecular flexibility index (Phi) is 3.12. The van der Waals surface area contributed by atoms with E-state index in [-0.39, 0.29) is 6.54 Å². The van der Waals surface area contributed by atoms with E-state index in [0.717, 1.165) is 24.3 Å². The maximum absolute atomic E-state index is 13.6. The number of carboxylic acids is 1. The molecule has 7 heteroatoms. The third kappa shape index (κ3) is 2.10. The zero-order valence-electron chi connectivity index (χ0n) is 9.39. The van der Waals surface area contributed by atoms with Crippen molar-refractivity contribution in [1.29, 1.82) is 0 Å². The summed E-state index contributed by atoms with van der Waals surface area (Å²) in [6.07, 6.45) is 1.81. The van der Waals surface area contributed by atoms with Crippen LogP contribution in [0, 0.1) is 11.6 Å². The number of ketones is 1. The number of Topliss-reactive ketones (excluding diaryl/α,β-unsaturated/α-hetero) is 1. The Morgan fingerprint density at radius 3 is 2.53 bits per heavy atom. The van der Waals surface area contributed by atoms with E-state index in [1.54, 1.807) is 0 Å². The van der Waals surface area contributed by atoms with Gasteiger partial charge >= 0.3 is 5.97 Å². The van der Waals surface area contributed by atoms with Crippen molar-refractivity contribution in [2.45, 2.75) is 0 Å². The third-order valence-corrected chi connectivity index (χ3v) is 2.56. The summed E-state index contributed by atoms with van der Waals surface area (Å²) in [5, 5.41) is 8.41. The minimum Gasteiger partial charge on any atom is -0.478 e. The molecule has 1 aromatic carbocycles. The monoisotopic (exact) mass is 267 g/mol. The number of benzene rings is 1. The zero-order chi connectivity index (χ0) is 14.2. The van der Waals surface area contributed by atoms with Crippen LogP contribution in [0.2, 0.25) is 0 Å². The Morgan fingerprint density at radius 1 is 1.26 bits per heavy atom. The topological polar surface area (TPSA) is 74.7 Å². The fraction of sp³-hybridized carbons (Fsp3) is 0.0833. The van der Waals surface area contributed by atoms with Crippen LogP contribution in [0.3, 0.4) is 0 Å². The number of hydrogen-bond acceptors (Lipinski definition) is 3. The molecule has 0 spiro atoms. The average molecular weight is 267 g/mol. The highest BCUT2D eigenvalue weighted by atomic mass is 19.1. The van der Waals surface area contributed by atoms with Gasteiger partial charge in [-0.2, -0.15) is 0 Å². The number of nitrogens with zero attached hydrogens (tertiary/aromatic N) is 1. The van der Waals surface area contributed by atoms with Gasteiger partial charge in [-0.3, -0.25) is 14.5 Å². The summed E-state index contributed by atoms with van der Waals surface area (Å²) >= 11 is 0. The molecule has 1 aromatic rings. The molecule has 0 aromatic heterocycles. The van der Waals surface area contributed by atoms with Gasteiger partial charge in [0.2, 0.25) is 0 Å². The molecule has 0 aliphatic carbocycles. The molecule has 0 fully saturated rings. The van der Waals surface area contributed by atoms with Crippen molar-refractivity contribution in [3.8, 4) is 0 Å². The van der Waals surface area contributed by atoms with Crippen LogP contribution >= 0.6 is 0 Å². The van der Waals surface area contributed by atoms with E-state index in [2.05, 4.69) is 0 Å². The molecule has 1 aliphatic rings. The highest BCUT2D eigenvalue weighted by molar-refractivity contribution is 6.52. The second-order valence-corrected chi connectivity index (χ2v) is 3.74. The zero-order valence-corrected chi connectivity index (χ0v) is 9.39. The summed E-state index contributed by atoms with van der Waals surface area (Å²) in [4.78, 5) is 34.1. The molecule has 0 radical (unpaired) electrons. The second-order valence-electron chi connectivity index (χ2n) is 3.74. The standard InChI is InChI=1S/C12H7F2NO4/c13-6-3-4-7(14)10-9(6)11(18)12(19)15(10)5-1-2-8(16)17/h1-4H,5H2,(H,16,17)/b2-1+. The van der Waals surface area contributed by atoms with Crippen LogP contribution in [-0.2, 0) is 9.59 Å². The Balaban J connectivity index is 2.44. The minimum absolute atomic E-state index is 0.329. The van der Waals surface area contributed by atoms with E-state index in [1.165, 1.54) is 0 Å². The van der Waals surface area contributed by atoms with Crippen LogP contribution in [0.5, 0.6) is 0 Å². The van der Waals surface area contributed by atoms with Crippen LogP contribution in [0.25, 0.3) is 0 Å². The van der Waals surface area contributed by atoms with Crippen LogP contribution in [0.15, 0.2) is 24.3 Å². The number of fused-ring (bicyclic) bond motifs is 1. The molecule has 5 nitrogen and oxygen atoms in total. The number of amides is 1. The number of anilines is 1. The fourth-order valence-electron chi connectivity index (χ4n) is 1.79. The molecule has 1 N–H and O–H groups in total. The summed E-state index contributed by atoms with van der Waals surface area (Å²) in [5.41, 5.74) is -1.07. The SMILES string of the molecule is O=C(O)/C=C/CN1C(=O)C(=O)c2c(F)ccc(F)c21. The largest absolute Gasteiger partial charge is 0.478 e. The number of carboxylic acid groups (broad SMARTS) is 1. The van der Waals surface area contributed by atoms with E-state index in [1.807, 2.05) is 0 Å². The molecular formula is C12H7F2NO4. The normalized spacial score (nSPS) is 14.3. The second kappa shape index (κ2) is 4.60. The van der Waals surface area contributed by atoms with Crippen molar-refractivity contribution in [3.05, 3.63) is 41.5 Å². The van der Waals surface area contributed by atoms with Gasteiger partial charge in [0, 0.05) is 12.6 Å². The van der Waals surface area contributed by atoms with Gasteiger partial charge in [0.25, 0.3) is 11.7 Å². The van der Waals surface area contributed by atoms with Crippen LogP contribution < -0.4 is 4.90 Å². The molecule has 2 rings (SSSR count). The minimum atomic E-state index is -1.25.